The van der Waals surface area contributed by atoms with Crippen LogP contribution in [-0.4, -0.2) is 69.0 Å². The standard InChI is InChI=1S/C18H36N4O3.HI/c1-5-19-17(20-10-14-24-13-9-15(3)4)21-16-7-11-22(12-8-16)18(23)25-6-2;/h15-16H,5-14H2,1-4H3,(H2,19,20,21);1H. The molecule has 0 saturated carbocycles. The Morgan fingerprint density at radius 1 is 1.23 bits per heavy atom. The molecule has 0 unspecified atom stereocenters. The average Bonchev–Trinajstić information content (AvgIpc) is 2.58. The SMILES string of the molecule is CCNC(=NCCOCCC(C)C)NC1CCN(C(=O)OCC)CC1.I. The van der Waals surface area contributed by atoms with Gasteiger partial charge in [-0.05, 0) is 39.0 Å². The zero-order valence-electron chi connectivity index (χ0n) is 16.8. The molecule has 0 radical (unpaired) electrons. The Morgan fingerprint density at radius 3 is 2.50 bits per heavy atom. The van der Waals surface area contributed by atoms with Crippen molar-refractivity contribution in [2.45, 2.75) is 53.0 Å². The Balaban J connectivity index is 0.00000625. The molecule has 7 nitrogen and oxygen atoms in total. The molecule has 0 aromatic carbocycles. The van der Waals surface area contributed by atoms with Gasteiger partial charge in [0.25, 0.3) is 0 Å². The van der Waals surface area contributed by atoms with Crippen LogP contribution in [0.2, 0.25) is 0 Å². The molecule has 154 valence electrons. The van der Waals surface area contributed by atoms with Crippen LogP contribution in [0, 0.1) is 5.92 Å². The predicted octanol–water partition coefficient (Wildman–Crippen LogP) is 2.84. The molecule has 2 N–H and O–H groups in total. The van der Waals surface area contributed by atoms with Gasteiger partial charge in [0.1, 0.15) is 0 Å². The lowest BCUT2D eigenvalue weighted by Crippen LogP contribution is -2.50. The molecule has 8 heteroatoms. The number of carbonyl (C=O) groups is 1. The van der Waals surface area contributed by atoms with Gasteiger partial charge in [-0.25, -0.2) is 4.79 Å². The van der Waals surface area contributed by atoms with Crippen LogP contribution in [0.15, 0.2) is 4.99 Å². The Bertz CT molecular complexity index is 400. The number of nitrogens with one attached hydrogen (secondary N) is 2. The zero-order valence-corrected chi connectivity index (χ0v) is 19.1. The first-order valence-electron chi connectivity index (χ1n) is 9.61. The van der Waals surface area contributed by atoms with Crippen LogP contribution in [-0.2, 0) is 9.47 Å². The number of guanidine groups is 1. The fraction of sp³-hybridized carbons (Fsp3) is 0.889. The van der Waals surface area contributed by atoms with Crippen molar-refractivity contribution < 1.29 is 14.3 Å². The number of hydrogen-bond acceptors (Lipinski definition) is 4. The average molecular weight is 484 g/mol. The Labute approximate surface area is 175 Å². The number of rotatable bonds is 9. The first-order valence-corrected chi connectivity index (χ1v) is 9.61. The fourth-order valence-corrected chi connectivity index (χ4v) is 2.58. The maximum absolute atomic E-state index is 11.7. The number of likely N-dealkylation sites (tertiary alicyclic amines) is 1. The van der Waals surface area contributed by atoms with Gasteiger partial charge in [0.2, 0.25) is 0 Å². The second kappa shape index (κ2) is 15.3. The van der Waals surface area contributed by atoms with Crippen molar-refractivity contribution in [1.82, 2.24) is 15.5 Å². The topological polar surface area (TPSA) is 75.2 Å². The summed E-state index contributed by atoms with van der Waals surface area (Å²) < 4.78 is 10.7. The third kappa shape index (κ3) is 11.1. The first-order chi connectivity index (χ1) is 12.1. The van der Waals surface area contributed by atoms with E-state index in [0.717, 1.165) is 38.4 Å². The number of hydrogen-bond donors (Lipinski definition) is 2. The van der Waals surface area contributed by atoms with Crippen molar-refractivity contribution in [3.8, 4) is 0 Å². The summed E-state index contributed by atoms with van der Waals surface area (Å²) in [4.78, 5) is 18.1. The van der Waals surface area contributed by atoms with Gasteiger partial charge in [-0.3, -0.25) is 4.99 Å². The van der Waals surface area contributed by atoms with Crippen LogP contribution < -0.4 is 10.6 Å². The molecule has 0 atom stereocenters. The summed E-state index contributed by atoms with van der Waals surface area (Å²) in [6.45, 7) is 13.0. The van der Waals surface area contributed by atoms with Gasteiger partial charge in [0, 0.05) is 32.3 Å². The van der Waals surface area contributed by atoms with Crippen molar-refractivity contribution in [1.29, 1.82) is 0 Å². The molecule has 1 rings (SSSR count). The molecule has 1 aliphatic heterocycles. The Kier molecular flexibility index (Phi) is 14.9. The van der Waals surface area contributed by atoms with Gasteiger partial charge < -0.3 is 25.0 Å². The minimum atomic E-state index is -0.208. The van der Waals surface area contributed by atoms with E-state index in [4.69, 9.17) is 9.47 Å². The molecule has 1 saturated heterocycles. The highest BCUT2D eigenvalue weighted by Crippen LogP contribution is 2.11. The quantitative estimate of drug-likeness (QED) is 0.228. The summed E-state index contributed by atoms with van der Waals surface area (Å²) in [6.07, 6.45) is 2.67. The third-order valence-corrected chi connectivity index (χ3v) is 4.05. The van der Waals surface area contributed by atoms with Crippen molar-refractivity contribution in [2.75, 3.05) is 46.0 Å². The molecule has 1 aliphatic rings. The Hall–Kier alpha value is -0.770. The van der Waals surface area contributed by atoms with E-state index in [2.05, 4.69) is 36.4 Å². The second-order valence-electron chi connectivity index (χ2n) is 6.66. The van der Waals surface area contributed by atoms with Crippen LogP contribution >= 0.6 is 24.0 Å². The lowest BCUT2D eigenvalue weighted by molar-refractivity contribution is 0.0963. The van der Waals surface area contributed by atoms with E-state index in [0.29, 0.717) is 44.8 Å². The van der Waals surface area contributed by atoms with E-state index in [1.165, 1.54) is 0 Å². The molecule has 0 aliphatic carbocycles. The summed E-state index contributed by atoms with van der Waals surface area (Å²) in [7, 11) is 0. The molecule has 0 aromatic rings. The molecule has 1 fully saturated rings. The highest BCUT2D eigenvalue weighted by atomic mass is 127. The first kappa shape index (κ1) is 25.2. The summed E-state index contributed by atoms with van der Waals surface area (Å²) in [5, 5.41) is 6.73. The summed E-state index contributed by atoms with van der Waals surface area (Å²) >= 11 is 0. The maximum atomic E-state index is 11.7. The number of halogens is 1. The van der Waals surface area contributed by atoms with Gasteiger partial charge in [-0.15, -0.1) is 24.0 Å². The van der Waals surface area contributed by atoms with E-state index >= 15 is 0 Å². The molecular weight excluding hydrogens is 447 g/mol. The normalized spacial score (nSPS) is 15.6. The summed E-state index contributed by atoms with van der Waals surface area (Å²) in [5.41, 5.74) is 0. The highest BCUT2D eigenvalue weighted by molar-refractivity contribution is 14.0. The van der Waals surface area contributed by atoms with E-state index in [-0.39, 0.29) is 30.1 Å². The van der Waals surface area contributed by atoms with Gasteiger partial charge in [0.15, 0.2) is 5.96 Å². The number of nitrogens with zero attached hydrogens (tertiary/aromatic N) is 2. The van der Waals surface area contributed by atoms with E-state index in [1.54, 1.807) is 4.90 Å². The summed E-state index contributed by atoms with van der Waals surface area (Å²) in [6, 6.07) is 0.324. The minimum absolute atomic E-state index is 0. The number of piperidine rings is 1. The number of amides is 1. The van der Waals surface area contributed by atoms with Gasteiger partial charge >= 0.3 is 6.09 Å². The predicted molar refractivity (Wildman–Crippen MR) is 116 cm³/mol. The monoisotopic (exact) mass is 484 g/mol. The van der Waals surface area contributed by atoms with E-state index in [1.807, 2.05) is 6.92 Å². The zero-order chi connectivity index (χ0) is 18.5. The molecule has 0 aromatic heterocycles. The third-order valence-electron chi connectivity index (χ3n) is 4.05. The number of aliphatic imine (C=N–C) groups is 1. The molecule has 1 amide bonds. The molecule has 26 heavy (non-hydrogen) atoms. The molecular formula is C18H37IN4O3. The maximum Gasteiger partial charge on any atom is 0.409 e. The largest absolute Gasteiger partial charge is 0.450 e. The number of carbonyl (C=O) groups excluding carboxylic acids is 1. The van der Waals surface area contributed by atoms with Crippen molar-refractivity contribution >= 4 is 36.0 Å². The second-order valence-corrected chi connectivity index (χ2v) is 6.66. The van der Waals surface area contributed by atoms with Crippen molar-refractivity contribution in [2.24, 2.45) is 10.9 Å². The van der Waals surface area contributed by atoms with E-state index in [9.17, 15) is 4.79 Å². The lowest BCUT2D eigenvalue weighted by Gasteiger charge is -2.32. The van der Waals surface area contributed by atoms with Crippen LogP contribution in [0.25, 0.3) is 0 Å². The Morgan fingerprint density at radius 2 is 1.92 bits per heavy atom. The fourth-order valence-electron chi connectivity index (χ4n) is 2.58. The smallest absolute Gasteiger partial charge is 0.409 e. The minimum Gasteiger partial charge on any atom is -0.450 e. The molecule has 1 heterocycles. The van der Waals surface area contributed by atoms with Crippen LogP contribution in [0.4, 0.5) is 4.79 Å². The van der Waals surface area contributed by atoms with Crippen LogP contribution in [0.5, 0.6) is 0 Å². The van der Waals surface area contributed by atoms with E-state index < -0.39 is 0 Å². The molecule has 0 spiro atoms. The summed E-state index contributed by atoms with van der Waals surface area (Å²) in [5.74, 6) is 1.49. The van der Waals surface area contributed by atoms with Crippen molar-refractivity contribution in [3.63, 3.8) is 0 Å². The van der Waals surface area contributed by atoms with Crippen LogP contribution in [0.1, 0.15) is 47.0 Å². The van der Waals surface area contributed by atoms with Crippen molar-refractivity contribution in [3.05, 3.63) is 0 Å². The number of ether oxygens (including phenoxy) is 2. The highest BCUT2D eigenvalue weighted by Gasteiger charge is 2.23. The lowest BCUT2D eigenvalue weighted by atomic mass is 10.1. The van der Waals surface area contributed by atoms with Gasteiger partial charge in [-0.2, -0.15) is 0 Å². The van der Waals surface area contributed by atoms with Gasteiger partial charge in [-0.1, -0.05) is 13.8 Å². The van der Waals surface area contributed by atoms with Gasteiger partial charge in [0.05, 0.1) is 19.8 Å². The van der Waals surface area contributed by atoms with Crippen LogP contribution in [0.3, 0.4) is 0 Å². The molecule has 0 bridgehead atoms.